The van der Waals surface area contributed by atoms with Crippen LogP contribution in [0.5, 0.6) is 0 Å². The van der Waals surface area contributed by atoms with Crippen LogP contribution in [0.25, 0.3) is 0 Å². The smallest absolute Gasteiger partial charge is 0.0379 e. The van der Waals surface area contributed by atoms with Crippen LogP contribution in [0.15, 0.2) is 60.7 Å². The highest BCUT2D eigenvalue weighted by Crippen LogP contribution is 2.35. The molecule has 0 amide bonds. The molecule has 2 aromatic rings. The van der Waals surface area contributed by atoms with Crippen LogP contribution in [0.4, 0.5) is 0 Å². The van der Waals surface area contributed by atoms with E-state index in [0.717, 1.165) is 0 Å². The Hall–Kier alpha value is -1.60. The first-order chi connectivity index (χ1) is 11.4. The third-order valence-corrected chi connectivity index (χ3v) is 5.24. The second-order valence-corrected chi connectivity index (χ2v) is 6.81. The van der Waals surface area contributed by atoms with Gasteiger partial charge >= 0.3 is 0 Å². The predicted molar refractivity (Wildman–Crippen MR) is 98.5 cm³/mol. The van der Waals surface area contributed by atoms with Crippen LogP contribution in [0.1, 0.15) is 49.8 Å². The summed E-state index contributed by atoms with van der Waals surface area (Å²) in [5.41, 5.74) is 2.97. The summed E-state index contributed by atoms with van der Waals surface area (Å²) in [5, 5.41) is 0. The van der Waals surface area contributed by atoms with Crippen molar-refractivity contribution in [2.75, 3.05) is 13.1 Å². The maximum atomic E-state index is 2.75. The molecule has 2 unspecified atom stereocenters. The van der Waals surface area contributed by atoms with Gasteiger partial charge in [0.25, 0.3) is 0 Å². The average molecular weight is 307 g/mol. The quantitative estimate of drug-likeness (QED) is 0.683. The molecule has 0 radical (unpaired) electrons. The summed E-state index contributed by atoms with van der Waals surface area (Å²) < 4.78 is 0. The summed E-state index contributed by atoms with van der Waals surface area (Å²) in [6.07, 6.45) is 6.50. The maximum Gasteiger partial charge on any atom is 0.0379 e. The van der Waals surface area contributed by atoms with Gasteiger partial charge in [0.1, 0.15) is 0 Å². The molecule has 122 valence electrons. The molecule has 1 heteroatoms. The molecule has 1 fully saturated rings. The van der Waals surface area contributed by atoms with Crippen molar-refractivity contribution >= 4 is 0 Å². The minimum Gasteiger partial charge on any atom is -0.296 e. The van der Waals surface area contributed by atoms with Crippen LogP contribution in [-0.2, 0) is 6.42 Å². The molecule has 0 saturated carbocycles. The normalized spacial score (nSPS) is 18.5. The van der Waals surface area contributed by atoms with Gasteiger partial charge in [-0.2, -0.15) is 0 Å². The molecule has 1 saturated heterocycles. The minimum absolute atomic E-state index is 0.557. The lowest BCUT2D eigenvalue weighted by atomic mass is 9.84. The molecule has 1 aliphatic heterocycles. The van der Waals surface area contributed by atoms with Gasteiger partial charge in [-0.25, -0.2) is 0 Å². The molecule has 2 atom stereocenters. The number of likely N-dealkylation sites (tertiary alicyclic amines) is 1. The van der Waals surface area contributed by atoms with E-state index >= 15 is 0 Å². The van der Waals surface area contributed by atoms with E-state index in [4.69, 9.17) is 0 Å². The summed E-state index contributed by atoms with van der Waals surface area (Å²) in [5.74, 6) is 0.679. The van der Waals surface area contributed by atoms with Gasteiger partial charge in [-0.05, 0) is 49.4 Å². The molecule has 1 aliphatic rings. The van der Waals surface area contributed by atoms with E-state index in [9.17, 15) is 0 Å². The van der Waals surface area contributed by atoms with Crippen molar-refractivity contribution in [2.45, 2.75) is 45.1 Å². The Morgan fingerprint density at radius 3 is 2.04 bits per heavy atom. The monoisotopic (exact) mass is 307 g/mol. The maximum absolute atomic E-state index is 2.75. The first kappa shape index (κ1) is 16.3. The van der Waals surface area contributed by atoms with Gasteiger partial charge in [0.05, 0.1) is 0 Å². The van der Waals surface area contributed by atoms with Gasteiger partial charge in [-0.1, -0.05) is 80.4 Å². The third kappa shape index (κ3) is 4.23. The summed E-state index contributed by atoms with van der Waals surface area (Å²) in [6.45, 7) is 4.86. The van der Waals surface area contributed by atoms with Crippen molar-refractivity contribution in [2.24, 2.45) is 5.92 Å². The topological polar surface area (TPSA) is 3.24 Å². The number of benzene rings is 2. The van der Waals surface area contributed by atoms with Crippen LogP contribution in [-0.4, -0.2) is 18.0 Å². The van der Waals surface area contributed by atoms with Crippen molar-refractivity contribution in [1.82, 2.24) is 4.90 Å². The molecule has 0 N–H and O–H groups in total. The molecule has 23 heavy (non-hydrogen) atoms. The van der Waals surface area contributed by atoms with Gasteiger partial charge in [0.15, 0.2) is 0 Å². The first-order valence-corrected chi connectivity index (χ1v) is 9.21. The lowest BCUT2D eigenvalue weighted by Gasteiger charge is -2.39. The van der Waals surface area contributed by atoms with Gasteiger partial charge in [-0.15, -0.1) is 0 Å². The second-order valence-electron chi connectivity index (χ2n) is 6.81. The van der Waals surface area contributed by atoms with Crippen molar-refractivity contribution in [3.63, 3.8) is 0 Å². The fraction of sp³-hybridized carbons (Fsp3) is 0.455. The van der Waals surface area contributed by atoms with Crippen molar-refractivity contribution in [1.29, 1.82) is 0 Å². The predicted octanol–water partition coefficient (Wildman–Crippen LogP) is 5.48. The third-order valence-electron chi connectivity index (χ3n) is 5.24. The second kappa shape index (κ2) is 8.31. The molecular formula is C22H29N. The highest BCUT2D eigenvalue weighted by molar-refractivity contribution is 5.22. The Morgan fingerprint density at radius 2 is 1.43 bits per heavy atom. The minimum atomic E-state index is 0.557. The summed E-state index contributed by atoms with van der Waals surface area (Å²) in [6, 6.07) is 22.7. The molecule has 0 aromatic heterocycles. The number of piperidine rings is 1. The Bertz CT molecular complexity index is 557. The molecule has 1 heterocycles. The highest BCUT2D eigenvalue weighted by Gasteiger charge is 2.28. The van der Waals surface area contributed by atoms with Gasteiger partial charge < -0.3 is 0 Å². The average Bonchev–Trinajstić information content (AvgIpc) is 2.64. The van der Waals surface area contributed by atoms with E-state index in [-0.39, 0.29) is 0 Å². The first-order valence-electron chi connectivity index (χ1n) is 9.21. The van der Waals surface area contributed by atoms with Crippen LogP contribution < -0.4 is 0 Å². The van der Waals surface area contributed by atoms with Crippen LogP contribution in [0.2, 0.25) is 0 Å². The summed E-state index contributed by atoms with van der Waals surface area (Å²) >= 11 is 0. The molecule has 0 aliphatic carbocycles. The molecule has 0 bridgehead atoms. The number of nitrogens with zero attached hydrogens (tertiary/aromatic N) is 1. The van der Waals surface area contributed by atoms with E-state index in [0.29, 0.717) is 12.0 Å². The Labute approximate surface area is 141 Å². The Morgan fingerprint density at radius 1 is 0.826 bits per heavy atom. The molecular weight excluding hydrogens is 278 g/mol. The molecule has 0 spiro atoms. The molecule has 2 aromatic carbocycles. The van der Waals surface area contributed by atoms with Crippen molar-refractivity contribution < 1.29 is 0 Å². The number of hydrogen-bond acceptors (Lipinski definition) is 1. The zero-order valence-electron chi connectivity index (χ0n) is 14.3. The number of rotatable bonds is 6. The molecule has 3 rings (SSSR count). The summed E-state index contributed by atoms with van der Waals surface area (Å²) in [4.78, 5) is 2.75. The Balaban J connectivity index is 1.85. The van der Waals surface area contributed by atoms with Crippen LogP contribution >= 0.6 is 0 Å². The fourth-order valence-corrected chi connectivity index (χ4v) is 4.02. The van der Waals surface area contributed by atoms with Crippen LogP contribution in [0, 0.1) is 5.92 Å². The largest absolute Gasteiger partial charge is 0.296 e. The Kier molecular flexibility index (Phi) is 5.87. The summed E-state index contributed by atoms with van der Waals surface area (Å²) in [7, 11) is 0. The van der Waals surface area contributed by atoms with Gasteiger partial charge in [0, 0.05) is 6.04 Å². The fourth-order valence-electron chi connectivity index (χ4n) is 4.02. The van der Waals surface area contributed by atoms with Gasteiger partial charge in [-0.3, -0.25) is 4.90 Å². The van der Waals surface area contributed by atoms with E-state index in [2.05, 4.69) is 72.5 Å². The van der Waals surface area contributed by atoms with E-state index < -0.39 is 0 Å². The zero-order chi connectivity index (χ0) is 15.9. The van der Waals surface area contributed by atoms with E-state index in [1.165, 1.54) is 56.3 Å². The van der Waals surface area contributed by atoms with Crippen LogP contribution in [0.3, 0.4) is 0 Å². The standard InChI is InChI=1S/C22H29N/c1-2-20(18-19-12-6-3-7-13-19)22(21-14-8-4-9-15-21)23-16-10-5-11-17-23/h3-4,6-9,12-15,20,22H,2,5,10-11,16-18H2,1H3. The highest BCUT2D eigenvalue weighted by atomic mass is 15.2. The lowest BCUT2D eigenvalue weighted by Crippen LogP contribution is -2.38. The lowest BCUT2D eigenvalue weighted by molar-refractivity contribution is 0.113. The van der Waals surface area contributed by atoms with Crippen molar-refractivity contribution in [3.05, 3.63) is 71.8 Å². The zero-order valence-corrected chi connectivity index (χ0v) is 14.3. The van der Waals surface area contributed by atoms with Gasteiger partial charge in [0.2, 0.25) is 0 Å². The van der Waals surface area contributed by atoms with E-state index in [1.54, 1.807) is 0 Å². The molecule has 1 nitrogen and oxygen atoms in total. The van der Waals surface area contributed by atoms with E-state index in [1.807, 2.05) is 0 Å². The van der Waals surface area contributed by atoms with Crippen molar-refractivity contribution in [3.8, 4) is 0 Å². The number of hydrogen-bond donors (Lipinski definition) is 0. The SMILES string of the molecule is CCC(Cc1ccccc1)C(c1ccccc1)N1CCCCC1.